The molecule has 2 unspecified atom stereocenters. The van der Waals surface area contributed by atoms with Gasteiger partial charge in [0.05, 0.1) is 65.9 Å². The second kappa shape index (κ2) is 18.5. The lowest BCUT2D eigenvalue weighted by molar-refractivity contribution is -0.192. The number of carbonyl (C=O) groups is 5. The van der Waals surface area contributed by atoms with Crippen LogP contribution < -0.4 is 11.1 Å². The first-order chi connectivity index (χ1) is 29.8. The van der Waals surface area contributed by atoms with Gasteiger partial charge in [0.15, 0.2) is 5.60 Å². The van der Waals surface area contributed by atoms with E-state index in [1.54, 1.807) is 42.2 Å². The Labute approximate surface area is 358 Å². The maximum absolute atomic E-state index is 13.7. The van der Waals surface area contributed by atoms with Gasteiger partial charge in [-0.05, 0) is 57.2 Å². The van der Waals surface area contributed by atoms with Gasteiger partial charge in [-0.25, -0.2) is 29.3 Å². The van der Waals surface area contributed by atoms with Crippen molar-refractivity contribution in [2.45, 2.75) is 83.3 Å². The monoisotopic (exact) mass is 876 g/mol. The number of carbonyl (C=O) groups excluding carboxylic acids is 4. The molecule has 0 radical (unpaired) electrons. The molecule has 63 heavy (non-hydrogen) atoms. The van der Waals surface area contributed by atoms with Gasteiger partial charge in [-0.15, -0.1) is 0 Å². The summed E-state index contributed by atoms with van der Waals surface area (Å²) in [6.45, 7) is 8.01. The summed E-state index contributed by atoms with van der Waals surface area (Å²) in [6.07, 6.45) is 1.67. The van der Waals surface area contributed by atoms with Crippen LogP contribution in [0.25, 0.3) is 44.8 Å². The molecule has 2 aliphatic rings. The molecule has 2 aromatic carbocycles. The molecule has 0 bridgehead atoms. The number of amides is 4. The molecule has 21 heteroatoms. The number of nitrogens with two attached hydrogens (primary N) is 1. The largest absolute Gasteiger partial charge is 0.490 e. The lowest BCUT2D eigenvalue weighted by Gasteiger charge is -2.36. The van der Waals surface area contributed by atoms with Gasteiger partial charge < -0.3 is 45.4 Å². The minimum Gasteiger partial charge on any atom is -0.475 e. The van der Waals surface area contributed by atoms with E-state index >= 15 is 0 Å². The highest BCUT2D eigenvalue weighted by Crippen LogP contribution is 2.37. The number of carboxylic acid groups (broad SMARTS) is 1. The molecule has 2 aliphatic heterocycles. The van der Waals surface area contributed by atoms with Gasteiger partial charge in [0.1, 0.15) is 17.7 Å². The summed E-state index contributed by atoms with van der Waals surface area (Å²) in [5, 5.41) is 9.68. The number of aromatic amines is 2. The fraction of sp³-hybridized carbons (Fsp3) is 0.405. The topological polar surface area (TPSA) is 252 Å². The molecule has 3 aromatic heterocycles. The number of carboxylic acids is 1. The number of imidazole rings is 2. The van der Waals surface area contributed by atoms with Gasteiger partial charge in [-0.3, -0.25) is 14.6 Å². The number of nitrogens with zero attached hydrogens (tertiary/aromatic N) is 6. The Morgan fingerprint density at radius 3 is 1.92 bits per heavy atom. The predicted molar refractivity (Wildman–Crippen MR) is 220 cm³/mol. The first-order valence-corrected chi connectivity index (χ1v) is 20.0. The smallest absolute Gasteiger partial charge is 0.475 e. The number of rotatable bonds is 10. The number of alkyl carbamates (subject to hydrolysis) is 1. The summed E-state index contributed by atoms with van der Waals surface area (Å²) in [5.41, 5.74) is 10.4. The number of H-pyrrole nitrogens is 2. The SMILES string of the molecule is COC(=O)N[C@H](C)C(=O)N1CCCC1c1ncc(-c2ccc3nc(-c4ccc(-c5cnc(C6CCCN6C(=O)[C@@](C)(OC(N)=O)C(C)C)[nH]5)cc4)cnc3c2)[nH]1.O=C(O)C(F)(F)F. The van der Waals surface area contributed by atoms with Crippen molar-refractivity contribution < 1.29 is 51.7 Å². The zero-order valence-corrected chi connectivity index (χ0v) is 35.0. The molecule has 0 saturated carbocycles. The molecule has 0 aliphatic carbocycles. The van der Waals surface area contributed by atoms with Crippen molar-refractivity contribution in [1.82, 2.24) is 45.0 Å². The van der Waals surface area contributed by atoms with Gasteiger partial charge in [0, 0.05) is 30.1 Å². The molecule has 0 spiro atoms. The Balaban J connectivity index is 0.000000871. The summed E-state index contributed by atoms with van der Waals surface area (Å²) in [7, 11) is 1.26. The number of alkyl halides is 3. The maximum atomic E-state index is 13.7. The highest BCUT2D eigenvalue weighted by molar-refractivity contribution is 5.88. The van der Waals surface area contributed by atoms with E-state index in [9.17, 15) is 32.3 Å². The maximum Gasteiger partial charge on any atom is 0.490 e. The second-order valence-corrected chi connectivity index (χ2v) is 15.6. The molecule has 4 amide bonds. The van der Waals surface area contributed by atoms with Crippen LogP contribution in [0.2, 0.25) is 0 Å². The zero-order chi connectivity index (χ0) is 45.8. The van der Waals surface area contributed by atoms with Crippen molar-refractivity contribution in [1.29, 1.82) is 0 Å². The molecule has 5 heterocycles. The second-order valence-electron chi connectivity index (χ2n) is 15.6. The van der Waals surface area contributed by atoms with Crippen molar-refractivity contribution >= 4 is 41.0 Å². The lowest BCUT2D eigenvalue weighted by atomic mass is 9.90. The minimum atomic E-state index is -5.08. The number of fused-ring (bicyclic) bond motifs is 1. The van der Waals surface area contributed by atoms with E-state index in [0.717, 1.165) is 70.5 Å². The zero-order valence-electron chi connectivity index (χ0n) is 35.0. The van der Waals surface area contributed by atoms with Crippen molar-refractivity contribution in [3.63, 3.8) is 0 Å². The average Bonchev–Trinajstić information content (AvgIpc) is 4.09. The van der Waals surface area contributed by atoms with Gasteiger partial charge in [-0.2, -0.15) is 13.2 Å². The first kappa shape index (κ1) is 45.5. The highest BCUT2D eigenvalue weighted by atomic mass is 19.4. The van der Waals surface area contributed by atoms with Crippen LogP contribution in [-0.4, -0.2) is 113 Å². The fourth-order valence-electron chi connectivity index (χ4n) is 7.50. The Hall–Kier alpha value is -7.06. The quantitative estimate of drug-likeness (QED) is 0.104. The molecule has 4 atom stereocenters. The van der Waals surface area contributed by atoms with Gasteiger partial charge in [0.2, 0.25) is 5.91 Å². The van der Waals surface area contributed by atoms with Crippen LogP contribution in [0.5, 0.6) is 0 Å². The van der Waals surface area contributed by atoms with Gasteiger partial charge >= 0.3 is 24.3 Å². The van der Waals surface area contributed by atoms with E-state index < -0.39 is 36.0 Å². The number of likely N-dealkylation sites (tertiary alicyclic amines) is 2. The predicted octanol–water partition coefficient (Wildman–Crippen LogP) is 6.29. The molecule has 5 aromatic rings. The van der Waals surface area contributed by atoms with Crippen molar-refractivity contribution in [3.05, 3.63) is 72.7 Å². The van der Waals surface area contributed by atoms with Crippen LogP contribution in [0, 0.1) is 5.92 Å². The summed E-state index contributed by atoms with van der Waals surface area (Å²) in [5.74, 6) is -2.16. The van der Waals surface area contributed by atoms with Gasteiger partial charge in [0.25, 0.3) is 5.91 Å². The standard InChI is InChI=1S/C40H46N10O6.C2HF3O2/c1-22(2)40(4,56-38(41)53)37(52)50-17-7-9-33(50)35-43-20-30(47-35)25-12-10-24(11-13-25)29-19-42-28-18-26(14-15-27(28)46-29)31-21-44-34(48-31)32-8-6-16-49(32)36(51)23(3)45-39(54)55-5;3-2(4,5)1(6)7/h10-15,18-23,32-33H,6-9,16-17H2,1-5H3,(H2,41,53)(H,43,47)(H,44,48)(H,45,54);(H,6,7)/t23-,32?,33?,40+;/m1./s1. The summed E-state index contributed by atoms with van der Waals surface area (Å²) in [6, 6.07) is 12.5. The third-order valence-electron chi connectivity index (χ3n) is 11.2. The number of ether oxygens (including phenoxy) is 2. The van der Waals surface area contributed by atoms with Crippen LogP contribution in [0.3, 0.4) is 0 Å². The van der Waals surface area contributed by atoms with Crippen LogP contribution >= 0.6 is 0 Å². The van der Waals surface area contributed by atoms with Crippen molar-refractivity contribution in [2.24, 2.45) is 11.7 Å². The molecular weight excluding hydrogens is 830 g/mol. The fourth-order valence-corrected chi connectivity index (χ4v) is 7.50. The summed E-state index contributed by atoms with van der Waals surface area (Å²) >= 11 is 0. The number of aliphatic carboxylic acids is 1. The Morgan fingerprint density at radius 1 is 0.825 bits per heavy atom. The van der Waals surface area contributed by atoms with Crippen LogP contribution in [0.4, 0.5) is 22.8 Å². The number of benzene rings is 2. The number of hydrogen-bond donors (Lipinski definition) is 5. The lowest BCUT2D eigenvalue weighted by Crippen LogP contribution is -2.53. The van der Waals surface area contributed by atoms with E-state index in [1.165, 1.54) is 7.11 Å². The molecule has 2 fully saturated rings. The first-order valence-electron chi connectivity index (χ1n) is 20.0. The third kappa shape index (κ3) is 10.0. The number of methoxy groups -OCH3 is 1. The summed E-state index contributed by atoms with van der Waals surface area (Å²) < 4.78 is 41.7. The number of primary amides is 1. The van der Waals surface area contributed by atoms with Crippen molar-refractivity contribution in [3.8, 4) is 33.8 Å². The minimum absolute atomic E-state index is 0.191. The Bertz CT molecular complexity index is 2490. The third-order valence-corrected chi connectivity index (χ3v) is 11.2. The average molecular weight is 877 g/mol. The van der Waals surface area contributed by atoms with Crippen LogP contribution in [0.15, 0.2) is 61.1 Å². The van der Waals surface area contributed by atoms with E-state index in [4.69, 9.17) is 30.3 Å². The molecule has 2 saturated heterocycles. The molecular formula is C42H47F3N10O8. The van der Waals surface area contributed by atoms with E-state index in [0.29, 0.717) is 24.7 Å². The molecule has 6 N–H and O–H groups in total. The summed E-state index contributed by atoms with van der Waals surface area (Å²) in [4.78, 5) is 88.2. The number of nitrogens with one attached hydrogen (secondary N) is 3. The van der Waals surface area contributed by atoms with Crippen LogP contribution in [0.1, 0.15) is 77.1 Å². The van der Waals surface area contributed by atoms with E-state index in [2.05, 4.69) is 30.0 Å². The van der Waals surface area contributed by atoms with Gasteiger partial charge in [-0.1, -0.05) is 44.2 Å². The van der Waals surface area contributed by atoms with E-state index in [-0.39, 0.29) is 29.8 Å². The number of aromatic nitrogens is 6. The Kier molecular flexibility index (Phi) is 13.4. The van der Waals surface area contributed by atoms with Crippen LogP contribution in [-0.2, 0) is 23.9 Å². The number of hydrogen-bond acceptors (Lipinski definition) is 11. The highest BCUT2D eigenvalue weighted by Gasteiger charge is 2.47. The molecule has 334 valence electrons. The van der Waals surface area contributed by atoms with E-state index in [1.807, 2.05) is 56.3 Å². The molecule has 18 nitrogen and oxygen atoms in total. The molecule has 7 rings (SSSR count). The normalized spacial score (nSPS) is 17.7. The Morgan fingerprint density at radius 2 is 1.37 bits per heavy atom. The van der Waals surface area contributed by atoms with Crippen molar-refractivity contribution in [2.75, 3.05) is 20.2 Å². The number of halogens is 3.